The van der Waals surface area contributed by atoms with Gasteiger partial charge in [0.05, 0.1) is 10.7 Å². The summed E-state index contributed by atoms with van der Waals surface area (Å²) in [5, 5.41) is 4.25. The lowest BCUT2D eigenvalue weighted by atomic mass is 10.2. The molecule has 0 saturated carbocycles. The van der Waals surface area contributed by atoms with Crippen LogP contribution >= 0.6 is 11.3 Å². The minimum Gasteiger partial charge on any atom is -0.346 e. The molecule has 1 saturated heterocycles. The van der Waals surface area contributed by atoms with E-state index in [0.717, 1.165) is 60.9 Å². The van der Waals surface area contributed by atoms with Crippen LogP contribution in [0, 0.1) is 6.92 Å². The first-order chi connectivity index (χ1) is 12.2. The van der Waals surface area contributed by atoms with Crippen LogP contribution in [0.4, 0.5) is 0 Å². The summed E-state index contributed by atoms with van der Waals surface area (Å²) < 4.78 is 0. The van der Waals surface area contributed by atoms with Gasteiger partial charge in [0.25, 0.3) is 5.91 Å². The third-order valence-corrected chi connectivity index (χ3v) is 5.38. The smallest absolute Gasteiger partial charge is 0.272 e. The predicted molar refractivity (Wildman–Crippen MR) is 98.7 cm³/mol. The molecule has 4 rings (SSSR count). The zero-order valence-electron chi connectivity index (χ0n) is 14.2. The molecule has 1 N–H and O–H groups in total. The quantitative estimate of drug-likeness (QED) is 0.784. The molecule has 1 aliphatic heterocycles. The molecule has 130 valence electrons. The summed E-state index contributed by atoms with van der Waals surface area (Å²) in [6.07, 6.45) is 2.82. The fourth-order valence-electron chi connectivity index (χ4n) is 3.25. The van der Waals surface area contributed by atoms with Crippen LogP contribution in [-0.4, -0.2) is 56.8 Å². The Kier molecular flexibility index (Phi) is 4.50. The Morgan fingerprint density at radius 1 is 1.20 bits per heavy atom. The summed E-state index contributed by atoms with van der Waals surface area (Å²) in [5.74, 6) is 0.0165. The van der Waals surface area contributed by atoms with Gasteiger partial charge in [-0.2, -0.15) is 0 Å². The first kappa shape index (κ1) is 16.2. The van der Waals surface area contributed by atoms with Gasteiger partial charge in [-0.3, -0.25) is 9.69 Å². The van der Waals surface area contributed by atoms with Crippen molar-refractivity contribution < 1.29 is 4.79 Å². The summed E-state index contributed by atoms with van der Waals surface area (Å²) in [6, 6.07) is 5.72. The van der Waals surface area contributed by atoms with Gasteiger partial charge in [0.2, 0.25) is 0 Å². The predicted octanol–water partition coefficient (Wildman–Crippen LogP) is 2.68. The van der Waals surface area contributed by atoms with Gasteiger partial charge in [0.1, 0.15) is 11.3 Å². The second kappa shape index (κ2) is 6.93. The van der Waals surface area contributed by atoms with Gasteiger partial charge in [-0.25, -0.2) is 9.97 Å². The molecule has 4 heterocycles. The highest BCUT2D eigenvalue weighted by Gasteiger charge is 2.22. The Morgan fingerprint density at radius 2 is 2.12 bits per heavy atom. The van der Waals surface area contributed by atoms with Gasteiger partial charge in [0.15, 0.2) is 0 Å². The maximum atomic E-state index is 12.8. The number of H-pyrrole nitrogens is 1. The Balaban J connectivity index is 1.42. The number of aryl methyl sites for hydroxylation is 1. The van der Waals surface area contributed by atoms with E-state index >= 15 is 0 Å². The molecule has 0 spiro atoms. The van der Waals surface area contributed by atoms with E-state index in [2.05, 4.69) is 25.2 Å². The number of fused-ring (bicyclic) bond motifs is 1. The first-order valence-corrected chi connectivity index (χ1v) is 9.44. The van der Waals surface area contributed by atoms with Crippen molar-refractivity contribution in [3.05, 3.63) is 46.2 Å². The van der Waals surface area contributed by atoms with Gasteiger partial charge in [0, 0.05) is 49.7 Å². The maximum absolute atomic E-state index is 12.8. The van der Waals surface area contributed by atoms with E-state index in [1.165, 1.54) is 0 Å². The Hall–Kier alpha value is -2.25. The molecule has 0 aromatic carbocycles. The van der Waals surface area contributed by atoms with Crippen LogP contribution in [0.5, 0.6) is 0 Å². The monoisotopic (exact) mass is 355 g/mol. The van der Waals surface area contributed by atoms with E-state index in [0.29, 0.717) is 5.69 Å². The summed E-state index contributed by atoms with van der Waals surface area (Å²) >= 11 is 1.69. The van der Waals surface area contributed by atoms with Crippen LogP contribution < -0.4 is 0 Å². The average Bonchev–Trinajstić information content (AvgIpc) is 3.17. The second-order valence-electron chi connectivity index (χ2n) is 6.39. The van der Waals surface area contributed by atoms with Crippen molar-refractivity contribution >= 4 is 28.3 Å². The molecule has 0 bridgehead atoms. The number of hydrogen-bond acceptors (Lipinski definition) is 5. The topological polar surface area (TPSA) is 65.1 Å². The Labute approximate surface area is 150 Å². The number of aromatic nitrogens is 3. The first-order valence-electron chi connectivity index (χ1n) is 8.56. The zero-order chi connectivity index (χ0) is 17.2. The number of thiazole rings is 1. The molecule has 7 heteroatoms. The number of nitrogens with zero attached hydrogens (tertiary/aromatic N) is 4. The normalized spacial score (nSPS) is 16.3. The van der Waals surface area contributed by atoms with Gasteiger partial charge in [-0.05, 0) is 31.5 Å². The highest BCUT2D eigenvalue weighted by molar-refractivity contribution is 7.09. The standard InChI is InChI=1S/C18H21N5OS/c1-13-20-15(12-25-13)11-22-7-2-8-23(10-9-22)18(24)16-4-3-14-5-6-19-17(14)21-16/h3-6,12H,2,7-11H2,1H3,(H,19,21). The van der Waals surface area contributed by atoms with E-state index in [1.54, 1.807) is 11.3 Å². The SMILES string of the molecule is Cc1nc(CN2CCCN(C(=O)c3ccc4cc[nH]c4n3)CC2)cs1. The molecular formula is C18H21N5OS. The van der Waals surface area contributed by atoms with E-state index in [-0.39, 0.29) is 5.91 Å². The lowest BCUT2D eigenvalue weighted by Crippen LogP contribution is -2.35. The van der Waals surface area contributed by atoms with Gasteiger partial charge < -0.3 is 9.88 Å². The van der Waals surface area contributed by atoms with Crippen LogP contribution in [0.2, 0.25) is 0 Å². The molecule has 1 aliphatic rings. The van der Waals surface area contributed by atoms with E-state index in [9.17, 15) is 4.79 Å². The molecular weight excluding hydrogens is 334 g/mol. The molecule has 3 aromatic rings. The second-order valence-corrected chi connectivity index (χ2v) is 7.45. The summed E-state index contributed by atoms with van der Waals surface area (Å²) in [6.45, 7) is 6.25. The summed E-state index contributed by atoms with van der Waals surface area (Å²) in [7, 11) is 0. The van der Waals surface area contributed by atoms with Crippen molar-refractivity contribution in [1.29, 1.82) is 0 Å². The number of hydrogen-bond donors (Lipinski definition) is 1. The average molecular weight is 355 g/mol. The van der Waals surface area contributed by atoms with Gasteiger partial charge in [-0.15, -0.1) is 11.3 Å². The van der Waals surface area contributed by atoms with Crippen molar-refractivity contribution in [2.45, 2.75) is 19.9 Å². The zero-order valence-corrected chi connectivity index (χ0v) is 15.1. The summed E-state index contributed by atoms with van der Waals surface area (Å²) in [4.78, 5) is 29.2. The lowest BCUT2D eigenvalue weighted by molar-refractivity contribution is 0.0755. The maximum Gasteiger partial charge on any atom is 0.272 e. The van der Waals surface area contributed by atoms with Crippen LogP contribution in [0.1, 0.15) is 27.6 Å². The molecule has 1 amide bonds. The Bertz CT molecular complexity index is 886. The van der Waals surface area contributed by atoms with Crippen molar-refractivity contribution in [1.82, 2.24) is 24.8 Å². The highest BCUT2D eigenvalue weighted by Crippen LogP contribution is 2.15. The van der Waals surface area contributed by atoms with Gasteiger partial charge >= 0.3 is 0 Å². The highest BCUT2D eigenvalue weighted by atomic mass is 32.1. The largest absolute Gasteiger partial charge is 0.346 e. The molecule has 25 heavy (non-hydrogen) atoms. The molecule has 0 radical (unpaired) electrons. The van der Waals surface area contributed by atoms with Crippen molar-refractivity contribution in [3.63, 3.8) is 0 Å². The molecule has 0 aliphatic carbocycles. The van der Waals surface area contributed by atoms with Crippen LogP contribution in [-0.2, 0) is 6.54 Å². The summed E-state index contributed by atoms with van der Waals surface area (Å²) in [5.41, 5.74) is 2.40. The number of nitrogens with one attached hydrogen (secondary N) is 1. The number of carbonyl (C=O) groups is 1. The molecule has 1 fully saturated rings. The fourth-order valence-corrected chi connectivity index (χ4v) is 3.86. The molecule has 3 aromatic heterocycles. The third-order valence-electron chi connectivity index (χ3n) is 4.56. The minimum absolute atomic E-state index is 0.0165. The number of rotatable bonds is 3. The van der Waals surface area contributed by atoms with Gasteiger partial charge in [-0.1, -0.05) is 0 Å². The molecule has 6 nitrogen and oxygen atoms in total. The number of aromatic amines is 1. The van der Waals surface area contributed by atoms with Crippen LogP contribution in [0.3, 0.4) is 0 Å². The van der Waals surface area contributed by atoms with Crippen molar-refractivity contribution in [3.8, 4) is 0 Å². The number of pyridine rings is 1. The molecule has 0 unspecified atom stereocenters. The number of carbonyl (C=O) groups excluding carboxylic acids is 1. The Morgan fingerprint density at radius 3 is 2.96 bits per heavy atom. The minimum atomic E-state index is 0.0165. The third kappa shape index (κ3) is 3.57. The lowest BCUT2D eigenvalue weighted by Gasteiger charge is -2.21. The number of amides is 1. The fraction of sp³-hybridized carbons (Fsp3) is 0.389. The van der Waals surface area contributed by atoms with Crippen LogP contribution in [0.15, 0.2) is 29.8 Å². The van der Waals surface area contributed by atoms with Crippen molar-refractivity contribution in [2.75, 3.05) is 26.2 Å². The van der Waals surface area contributed by atoms with E-state index in [1.807, 2.05) is 36.2 Å². The van der Waals surface area contributed by atoms with E-state index in [4.69, 9.17) is 0 Å². The molecule has 0 atom stereocenters. The van der Waals surface area contributed by atoms with E-state index < -0.39 is 0 Å². The van der Waals surface area contributed by atoms with Crippen molar-refractivity contribution in [2.24, 2.45) is 0 Å². The van der Waals surface area contributed by atoms with Crippen LogP contribution in [0.25, 0.3) is 11.0 Å².